The van der Waals surface area contributed by atoms with Gasteiger partial charge in [0.1, 0.15) is 5.82 Å². The third-order valence-corrected chi connectivity index (χ3v) is 3.01. The molecular weight excluding hydrogens is 221 g/mol. The average molecular weight is 231 g/mol. The Morgan fingerprint density at radius 1 is 1.35 bits per heavy atom. The fraction of sp³-hybridized carbons (Fsp3) is 0.167. The van der Waals surface area contributed by atoms with E-state index in [-0.39, 0.29) is 17.3 Å². The molecule has 0 bridgehead atoms. The van der Waals surface area contributed by atoms with E-state index in [4.69, 9.17) is 5.73 Å². The fourth-order valence-electron chi connectivity index (χ4n) is 2.29. The smallest absolute Gasteiger partial charge is 0.260 e. The van der Waals surface area contributed by atoms with Crippen molar-refractivity contribution in [3.8, 4) is 11.1 Å². The largest absolute Gasteiger partial charge is 0.369 e. The zero-order chi connectivity index (χ0) is 12.0. The molecule has 4 nitrogen and oxygen atoms in total. The van der Waals surface area contributed by atoms with Crippen LogP contribution in [0, 0.1) is 5.82 Å². The molecule has 1 aliphatic rings. The maximum atomic E-state index is 13.6. The molecule has 5 heteroatoms. The lowest BCUT2D eigenvalue weighted by Crippen LogP contribution is -2.21. The van der Waals surface area contributed by atoms with Gasteiger partial charge in [-0.15, -0.1) is 0 Å². The maximum absolute atomic E-state index is 13.6. The van der Waals surface area contributed by atoms with Gasteiger partial charge in [0.2, 0.25) is 5.95 Å². The Balaban J connectivity index is 2.37. The molecule has 3 rings (SSSR count). The standard InChI is InChI=1S/C12H10FN3O/c13-8-3-1-2-7-6(8)4-5-9-10(7)11(17)16-12(14)15-9/h1-3H,4-5H2,(H3,14,15,16,17). The number of nitrogen functional groups attached to an aromatic ring is 1. The van der Waals surface area contributed by atoms with Crippen LogP contribution in [-0.2, 0) is 12.8 Å². The monoisotopic (exact) mass is 231 g/mol. The van der Waals surface area contributed by atoms with Gasteiger partial charge in [0.05, 0.1) is 11.3 Å². The molecule has 0 unspecified atom stereocenters. The second-order valence-corrected chi connectivity index (χ2v) is 4.04. The molecule has 1 aromatic heterocycles. The summed E-state index contributed by atoms with van der Waals surface area (Å²) >= 11 is 0. The number of aryl methyl sites for hydroxylation is 1. The van der Waals surface area contributed by atoms with Crippen molar-refractivity contribution in [1.82, 2.24) is 9.97 Å². The highest BCUT2D eigenvalue weighted by atomic mass is 19.1. The summed E-state index contributed by atoms with van der Waals surface area (Å²) in [6, 6.07) is 4.74. The Morgan fingerprint density at radius 2 is 2.18 bits per heavy atom. The number of hydrogen-bond acceptors (Lipinski definition) is 3. The lowest BCUT2D eigenvalue weighted by molar-refractivity contribution is 0.607. The van der Waals surface area contributed by atoms with Crippen molar-refractivity contribution in [2.45, 2.75) is 12.8 Å². The van der Waals surface area contributed by atoms with Gasteiger partial charge in [-0.1, -0.05) is 12.1 Å². The molecule has 0 saturated carbocycles. The quantitative estimate of drug-likeness (QED) is 0.716. The van der Waals surface area contributed by atoms with Crippen molar-refractivity contribution in [2.75, 3.05) is 5.73 Å². The first-order valence-corrected chi connectivity index (χ1v) is 5.33. The van der Waals surface area contributed by atoms with Gasteiger partial charge in [-0.2, -0.15) is 0 Å². The molecule has 3 N–H and O–H groups in total. The molecule has 0 aliphatic heterocycles. The Kier molecular flexibility index (Phi) is 2.01. The van der Waals surface area contributed by atoms with Crippen LogP contribution >= 0.6 is 0 Å². The molecule has 0 saturated heterocycles. The van der Waals surface area contributed by atoms with Crippen LogP contribution < -0.4 is 11.3 Å². The van der Waals surface area contributed by atoms with Gasteiger partial charge in [-0.3, -0.25) is 9.78 Å². The van der Waals surface area contributed by atoms with E-state index in [0.717, 1.165) is 0 Å². The highest BCUT2D eigenvalue weighted by Crippen LogP contribution is 2.31. The summed E-state index contributed by atoms with van der Waals surface area (Å²) in [5, 5.41) is 0. The summed E-state index contributed by atoms with van der Waals surface area (Å²) < 4.78 is 13.6. The number of fused-ring (bicyclic) bond motifs is 3. The number of benzene rings is 1. The van der Waals surface area contributed by atoms with Crippen LogP contribution in [0.3, 0.4) is 0 Å². The number of rotatable bonds is 0. The first-order valence-electron chi connectivity index (χ1n) is 5.33. The van der Waals surface area contributed by atoms with Crippen molar-refractivity contribution >= 4 is 5.95 Å². The summed E-state index contributed by atoms with van der Waals surface area (Å²) in [5.41, 5.74) is 7.48. The first kappa shape index (κ1) is 10.0. The Bertz CT molecular complexity index is 663. The first-order chi connectivity index (χ1) is 8.16. The number of aromatic amines is 1. The molecule has 2 aromatic rings. The predicted octanol–water partition coefficient (Wildman–Crippen LogP) is 1.26. The number of H-pyrrole nitrogens is 1. The van der Waals surface area contributed by atoms with E-state index in [1.54, 1.807) is 12.1 Å². The Hall–Kier alpha value is -2.17. The zero-order valence-electron chi connectivity index (χ0n) is 8.96. The molecular formula is C12H10FN3O. The average Bonchev–Trinajstić information content (AvgIpc) is 2.28. The number of nitrogens with zero attached hydrogens (tertiary/aromatic N) is 1. The SMILES string of the molecule is Nc1nc2c(c(=O)[nH]1)-c1cccc(F)c1CC2. The summed E-state index contributed by atoms with van der Waals surface area (Å²) in [6.45, 7) is 0. The highest BCUT2D eigenvalue weighted by molar-refractivity contribution is 5.71. The highest BCUT2D eigenvalue weighted by Gasteiger charge is 2.22. The van der Waals surface area contributed by atoms with Crippen LogP contribution in [0.5, 0.6) is 0 Å². The summed E-state index contributed by atoms with van der Waals surface area (Å²) in [6.07, 6.45) is 1.09. The van der Waals surface area contributed by atoms with E-state index in [9.17, 15) is 9.18 Å². The van der Waals surface area contributed by atoms with E-state index in [1.165, 1.54) is 6.07 Å². The second kappa shape index (κ2) is 3.41. The molecule has 0 atom stereocenters. The van der Waals surface area contributed by atoms with Crippen molar-refractivity contribution in [2.24, 2.45) is 0 Å². The van der Waals surface area contributed by atoms with Gasteiger partial charge >= 0.3 is 0 Å². The van der Waals surface area contributed by atoms with Crippen molar-refractivity contribution in [3.05, 3.63) is 45.6 Å². The third kappa shape index (κ3) is 1.43. The van der Waals surface area contributed by atoms with Gasteiger partial charge in [-0.25, -0.2) is 9.37 Å². The van der Waals surface area contributed by atoms with Crippen LogP contribution in [0.4, 0.5) is 10.3 Å². The van der Waals surface area contributed by atoms with E-state index in [2.05, 4.69) is 9.97 Å². The van der Waals surface area contributed by atoms with E-state index in [0.29, 0.717) is 35.2 Å². The van der Waals surface area contributed by atoms with Crippen LogP contribution in [0.25, 0.3) is 11.1 Å². The number of anilines is 1. The molecule has 1 aliphatic carbocycles. The van der Waals surface area contributed by atoms with Crippen molar-refractivity contribution in [1.29, 1.82) is 0 Å². The molecule has 1 aromatic carbocycles. The summed E-state index contributed by atoms with van der Waals surface area (Å²) in [5.74, 6) is -0.169. The molecule has 0 fully saturated rings. The van der Waals surface area contributed by atoms with Crippen LogP contribution in [0.1, 0.15) is 11.3 Å². The third-order valence-electron chi connectivity index (χ3n) is 3.01. The van der Waals surface area contributed by atoms with E-state index < -0.39 is 0 Å². The zero-order valence-corrected chi connectivity index (χ0v) is 8.96. The molecule has 0 amide bonds. The number of nitrogens with one attached hydrogen (secondary N) is 1. The summed E-state index contributed by atoms with van der Waals surface area (Å²) in [4.78, 5) is 18.4. The van der Waals surface area contributed by atoms with E-state index in [1.807, 2.05) is 0 Å². The number of halogens is 1. The molecule has 17 heavy (non-hydrogen) atoms. The van der Waals surface area contributed by atoms with Gasteiger partial charge < -0.3 is 5.73 Å². The fourth-order valence-corrected chi connectivity index (χ4v) is 2.29. The summed E-state index contributed by atoms with van der Waals surface area (Å²) in [7, 11) is 0. The molecule has 86 valence electrons. The molecule has 0 radical (unpaired) electrons. The van der Waals surface area contributed by atoms with Gasteiger partial charge in [-0.05, 0) is 30.0 Å². The number of aromatic nitrogens is 2. The van der Waals surface area contributed by atoms with Gasteiger partial charge in [0, 0.05) is 0 Å². The topological polar surface area (TPSA) is 71.8 Å². The van der Waals surface area contributed by atoms with Crippen molar-refractivity contribution < 1.29 is 4.39 Å². The Morgan fingerprint density at radius 3 is 3.00 bits per heavy atom. The van der Waals surface area contributed by atoms with Gasteiger partial charge in [0.25, 0.3) is 5.56 Å². The minimum absolute atomic E-state index is 0.105. The molecule has 1 heterocycles. The second-order valence-electron chi connectivity index (χ2n) is 4.04. The number of nitrogens with two attached hydrogens (primary N) is 1. The predicted molar refractivity (Wildman–Crippen MR) is 62.1 cm³/mol. The van der Waals surface area contributed by atoms with Crippen molar-refractivity contribution in [3.63, 3.8) is 0 Å². The van der Waals surface area contributed by atoms with E-state index >= 15 is 0 Å². The minimum Gasteiger partial charge on any atom is -0.369 e. The normalized spacial score (nSPS) is 13.0. The van der Waals surface area contributed by atoms with Crippen LogP contribution in [0.2, 0.25) is 0 Å². The van der Waals surface area contributed by atoms with Crippen LogP contribution in [0.15, 0.2) is 23.0 Å². The minimum atomic E-state index is -0.306. The maximum Gasteiger partial charge on any atom is 0.260 e. The lowest BCUT2D eigenvalue weighted by atomic mass is 9.89. The van der Waals surface area contributed by atoms with Crippen LogP contribution in [-0.4, -0.2) is 9.97 Å². The Labute approximate surface area is 96.3 Å². The molecule has 0 spiro atoms. The van der Waals surface area contributed by atoms with Gasteiger partial charge in [0.15, 0.2) is 0 Å². The lowest BCUT2D eigenvalue weighted by Gasteiger charge is -2.18. The number of hydrogen-bond donors (Lipinski definition) is 2.